The molecule has 20 heavy (non-hydrogen) atoms. The van der Waals surface area contributed by atoms with Crippen molar-refractivity contribution in [2.24, 2.45) is 0 Å². The maximum Gasteiger partial charge on any atom is 0.303 e. The molecule has 0 aliphatic carbocycles. The minimum atomic E-state index is -3.39. The third-order valence-corrected chi connectivity index (χ3v) is 5.12. The highest BCUT2D eigenvalue weighted by Gasteiger charge is 2.27. The van der Waals surface area contributed by atoms with Gasteiger partial charge in [0.15, 0.2) is 0 Å². The molecule has 0 bridgehead atoms. The van der Waals surface area contributed by atoms with Crippen LogP contribution < -0.4 is 5.32 Å². The average molecular weight is 307 g/mol. The Balaban J connectivity index is 2.39. The summed E-state index contributed by atoms with van der Waals surface area (Å²) in [5, 5.41) is 11.0. The van der Waals surface area contributed by atoms with E-state index in [0.29, 0.717) is 26.2 Å². The fourth-order valence-corrected chi connectivity index (χ4v) is 3.47. The number of nitrogens with one attached hydrogen (secondary N) is 1. The Kier molecular flexibility index (Phi) is 6.37. The summed E-state index contributed by atoms with van der Waals surface area (Å²) < 4.78 is 25.3. The first-order chi connectivity index (χ1) is 9.35. The smallest absolute Gasteiger partial charge is 0.303 e. The van der Waals surface area contributed by atoms with Gasteiger partial charge in [-0.3, -0.25) is 14.5 Å². The Morgan fingerprint density at radius 3 is 2.30 bits per heavy atom. The fraction of sp³-hybridized carbons (Fsp3) is 0.818. The van der Waals surface area contributed by atoms with Crippen molar-refractivity contribution < 1.29 is 23.1 Å². The van der Waals surface area contributed by atoms with Gasteiger partial charge in [0.1, 0.15) is 0 Å². The molecule has 0 saturated carbocycles. The molecular formula is C11H21N3O5S. The van der Waals surface area contributed by atoms with E-state index in [1.54, 1.807) is 7.05 Å². The molecule has 0 aromatic carbocycles. The van der Waals surface area contributed by atoms with Crippen molar-refractivity contribution in [1.82, 2.24) is 14.5 Å². The molecule has 8 nitrogen and oxygen atoms in total. The van der Waals surface area contributed by atoms with Crippen LogP contribution in [0.3, 0.4) is 0 Å². The number of likely N-dealkylation sites (N-methyl/N-ethyl adjacent to an activating group) is 1. The summed E-state index contributed by atoms with van der Waals surface area (Å²) in [4.78, 5) is 23.5. The predicted octanol–water partition coefficient (Wildman–Crippen LogP) is -1.46. The first-order valence-corrected chi connectivity index (χ1v) is 8.08. The van der Waals surface area contributed by atoms with E-state index in [0.717, 1.165) is 0 Å². The molecule has 0 unspecified atom stereocenters. The van der Waals surface area contributed by atoms with E-state index < -0.39 is 16.0 Å². The molecular weight excluding hydrogens is 286 g/mol. The number of sulfonamides is 1. The van der Waals surface area contributed by atoms with Crippen molar-refractivity contribution in [3.05, 3.63) is 0 Å². The van der Waals surface area contributed by atoms with Crippen LogP contribution in [0.5, 0.6) is 0 Å². The maximum atomic E-state index is 12.0. The number of hydrogen-bond donors (Lipinski definition) is 2. The average Bonchev–Trinajstić information content (AvgIpc) is 2.38. The largest absolute Gasteiger partial charge is 0.481 e. The molecule has 0 aromatic rings. The lowest BCUT2D eigenvalue weighted by atomic mass is 10.3. The second-order valence-corrected chi connectivity index (χ2v) is 6.75. The molecule has 1 saturated heterocycles. The molecule has 1 aliphatic heterocycles. The van der Waals surface area contributed by atoms with E-state index in [2.05, 4.69) is 5.32 Å². The Labute approximate surface area is 118 Å². The molecule has 0 aromatic heterocycles. The van der Waals surface area contributed by atoms with Crippen molar-refractivity contribution in [3.8, 4) is 0 Å². The van der Waals surface area contributed by atoms with Gasteiger partial charge in [-0.2, -0.15) is 4.31 Å². The number of nitrogens with zero attached hydrogens (tertiary/aromatic N) is 2. The van der Waals surface area contributed by atoms with Gasteiger partial charge < -0.3 is 10.4 Å². The lowest BCUT2D eigenvalue weighted by Gasteiger charge is -2.33. The van der Waals surface area contributed by atoms with E-state index in [9.17, 15) is 18.0 Å². The van der Waals surface area contributed by atoms with Gasteiger partial charge in [-0.1, -0.05) is 0 Å². The SMILES string of the molecule is CNC(=O)CN1CCN(S(=O)(=O)CCCC(=O)O)CC1. The van der Waals surface area contributed by atoms with Gasteiger partial charge in [0, 0.05) is 39.6 Å². The van der Waals surface area contributed by atoms with Gasteiger partial charge in [-0.05, 0) is 6.42 Å². The summed E-state index contributed by atoms with van der Waals surface area (Å²) in [5.74, 6) is -1.23. The van der Waals surface area contributed by atoms with E-state index in [1.807, 2.05) is 4.90 Å². The summed E-state index contributed by atoms with van der Waals surface area (Å²) in [6, 6.07) is 0. The van der Waals surface area contributed by atoms with Gasteiger partial charge in [-0.15, -0.1) is 0 Å². The normalized spacial score (nSPS) is 17.9. The molecule has 0 radical (unpaired) electrons. The predicted molar refractivity (Wildman–Crippen MR) is 72.7 cm³/mol. The molecule has 1 fully saturated rings. The van der Waals surface area contributed by atoms with Gasteiger partial charge in [0.25, 0.3) is 0 Å². The van der Waals surface area contributed by atoms with Crippen LogP contribution in [0.1, 0.15) is 12.8 Å². The van der Waals surface area contributed by atoms with Crippen molar-refractivity contribution in [1.29, 1.82) is 0 Å². The molecule has 1 rings (SSSR count). The molecule has 1 aliphatic rings. The number of hydrogen-bond acceptors (Lipinski definition) is 5. The monoisotopic (exact) mass is 307 g/mol. The molecule has 0 spiro atoms. The Morgan fingerprint density at radius 2 is 1.80 bits per heavy atom. The summed E-state index contributed by atoms with van der Waals surface area (Å²) in [5.41, 5.74) is 0. The zero-order valence-corrected chi connectivity index (χ0v) is 12.4. The number of amides is 1. The highest BCUT2D eigenvalue weighted by molar-refractivity contribution is 7.89. The standard InChI is InChI=1S/C11H21N3O5S/c1-12-10(15)9-13-4-6-14(7-5-13)20(18,19)8-2-3-11(16)17/h2-9H2,1H3,(H,12,15)(H,16,17). The minimum absolute atomic E-state index is 0.0947. The molecule has 2 N–H and O–H groups in total. The highest BCUT2D eigenvalue weighted by atomic mass is 32.2. The van der Waals surface area contributed by atoms with Crippen molar-refractivity contribution >= 4 is 21.9 Å². The van der Waals surface area contributed by atoms with Crippen molar-refractivity contribution in [3.63, 3.8) is 0 Å². The summed E-state index contributed by atoms with van der Waals surface area (Å²) in [6.45, 7) is 1.96. The Bertz CT molecular complexity index is 443. The zero-order valence-electron chi connectivity index (χ0n) is 11.5. The molecule has 1 amide bonds. The van der Waals surface area contributed by atoms with Gasteiger partial charge in [0.05, 0.1) is 12.3 Å². The van der Waals surface area contributed by atoms with E-state index in [4.69, 9.17) is 5.11 Å². The second kappa shape index (κ2) is 7.55. The summed E-state index contributed by atoms with van der Waals surface area (Å²) in [7, 11) is -1.83. The van der Waals surface area contributed by atoms with Gasteiger partial charge >= 0.3 is 5.97 Å². The van der Waals surface area contributed by atoms with E-state index in [-0.39, 0.29) is 31.0 Å². The third-order valence-electron chi connectivity index (χ3n) is 3.16. The number of piperazine rings is 1. The summed E-state index contributed by atoms with van der Waals surface area (Å²) >= 11 is 0. The van der Waals surface area contributed by atoms with Crippen LogP contribution in [0.4, 0.5) is 0 Å². The molecule has 0 atom stereocenters. The maximum absolute atomic E-state index is 12.0. The number of carbonyl (C=O) groups excluding carboxylic acids is 1. The molecule has 9 heteroatoms. The first kappa shape index (κ1) is 16.9. The summed E-state index contributed by atoms with van der Waals surface area (Å²) in [6.07, 6.45) is -0.0218. The second-order valence-electron chi connectivity index (χ2n) is 4.66. The zero-order chi connectivity index (χ0) is 15.2. The quantitative estimate of drug-likeness (QED) is 0.595. The lowest BCUT2D eigenvalue weighted by molar-refractivity contribution is -0.137. The van der Waals surface area contributed by atoms with E-state index >= 15 is 0 Å². The topological polar surface area (TPSA) is 107 Å². The van der Waals surface area contributed by atoms with Crippen LogP contribution in [0, 0.1) is 0 Å². The molecule has 116 valence electrons. The van der Waals surface area contributed by atoms with E-state index in [1.165, 1.54) is 4.31 Å². The fourth-order valence-electron chi connectivity index (χ4n) is 1.98. The minimum Gasteiger partial charge on any atom is -0.481 e. The van der Waals surface area contributed by atoms with Crippen LogP contribution >= 0.6 is 0 Å². The third kappa shape index (κ3) is 5.43. The number of carboxylic acid groups (broad SMARTS) is 1. The first-order valence-electron chi connectivity index (χ1n) is 6.47. The van der Waals surface area contributed by atoms with Crippen molar-refractivity contribution in [2.45, 2.75) is 12.8 Å². The Morgan fingerprint density at radius 1 is 1.20 bits per heavy atom. The Hall–Kier alpha value is -1.19. The number of aliphatic carboxylic acids is 1. The van der Waals surface area contributed by atoms with Crippen LogP contribution in [-0.4, -0.2) is 80.1 Å². The van der Waals surface area contributed by atoms with Crippen LogP contribution in [-0.2, 0) is 19.6 Å². The van der Waals surface area contributed by atoms with Crippen LogP contribution in [0.15, 0.2) is 0 Å². The van der Waals surface area contributed by atoms with Gasteiger partial charge in [0.2, 0.25) is 15.9 Å². The van der Waals surface area contributed by atoms with Crippen LogP contribution in [0.25, 0.3) is 0 Å². The van der Waals surface area contributed by atoms with Gasteiger partial charge in [-0.25, -0.2) is 8.42 Å². The lowest BCUT2D eigenvalue weighted by Crippen LogP contribution is -2.51. The molecule has 1 heterocycles. The number of carbonyl (C=O) groups is 2. The van der Waals surface area contributed by atoms with Crippen molar-refractivity contribution in [2.75, 3.05) is 45.5 Å². The van der Waals surface area contributed by atoms with Crippen LogP contribution in [0.2, 0.25) is 0 Å². The highest BCUT2D eigenvalue weighted by Crippen LogP contribution is 2.09. The number of carboxylic acids is 1. The number of rotatable bonds is 7.